The number of hydrogen-bond acceptors (Lipinski definition) is 5. The fourth-order valence-corrected chi connectivity index (χ4v) is 4.66. The Morgan fingerprint density at radius 1 is 1.04 bits per heavy atom. The Morgan fingerprint density at radius 2 is 1.86 bits per heavy atom. The van der Waals surface area contributed by atoms with Gasteiger partial charge in [-0.05, 0) is 37.4 Å². The lowest BCUT2D eigenvalue weighted by Gasteiger charge is -2.39. The molecular formula is C22H23N5O. The van der Waals surface area contributed by atoms with Crippen LogP contribution >= 0.6 is 0 Å². The minimum Gasteiger partial charge on any atom is -0.334 e. The third-order valence-electron chi connectivity index (χ3n) is 5.92. The average Bonchev–Trinajstić information content (AvgIpc) is 2.99. The van der Waals surface area contributed by atoms with E-state index in [0.29, 0.717) is 18.5 Å². The van der Waals surface area contributed by atoms with Gasteiger partial charge in [-0.15, -0.1) is 0 Å². The SMILES string of the molecule is CN1CC2CCC(C1)N2C(=O)Cc1cc2cc(-c3cnccn3)ccc2cn1. The molecule has 0 aliphatic carbocycles. The smallest absolute Gasteiger partial charge is 0.229 e. The van der Waals surface area contributed by atoms with Crippen LogP contribution in [0, 0.1) is 0 Å². The quantitative estimate of drug-likeness (QED) is 0.706. The molecule has 28 heavy (non-hydrogen) atoms. The van der Waals surface area contributed by atoms with Crippen molar-refractivity contribution >= 4 is 16.7 Å². The molecule has 0 spiro atoms. The van der Waals surface area contributed by atoms with Crippen LogP contribution in [-0.4, -0.2) is 62.9 Å². The topological polar surface area (TPSA) is 62.2 Å². The van der Waals surface area contributed by atoms with Crippen molar-refractivity contribution in [2.45, 2.75) is 31.3 Å². The second-order valence-electron chi connectivity index (χ2n) is 7.91. The van der Waals surface area contributed by atoms with Crippen molar-refractivity contribution in [3.05, 3.63) is 54.7 Å². The maximum atomic E-state index is 13.0. The Balaban J connectivity index is 1.39. The largest absolute Gasteiger partial charge is 0.334 e. The lowest BCUT2D eigenvalue weighted by Crippen LogP contribution is -2.55. The van der Waals surface area contributed by atoms with Gasteiger partial charge in [0, 0.05) is 54.7 Å². The summed E-state index contributed by atoms with van der Waals surface area (Å²) < 4.78 is 0. The van der Waals surface area contributed by atoms with Crippen molar-refractivity contribution in [1.29, 1.82) is 0 Å². The summed E-state index contributed by atoms with van der Waals surface area (Å²) in [5.41, 5.74) is 2.68. The molecule has 0 N–H and O–H groups in total. The predicted molar refractivity (Wildman–Crippen MR) is 108 cm³/mol. The summed E-state index contributed by atoms with van der Waals surface area (Å²) in [6.45, 7) is 1.96. The van der Waals surface area contributed by atoms with Crippen LogP contribution in [0.25, 0.3) is 22.0 Å². The Labute approximate surface area is 164 Å². The zero-order chi connectivity index (χ0) is 19.1. The molecule has 0 saturated carbocycles. The summed E-state index contributed by atoms with van der Waals surface area (Å²) in [5, 5.41) is 2.13. The molecule has 1 amide bonds. The number of benzene rings is 1. The number of fused-ring (bicyclic) bond motifs is 3. The standard InChI is InChI=1S/C22H23N5O/c1-26-13-19-4-5-20(14-26)27(19)22(28)10-18-9-17-8-15(2-3-16(17)11-25-18)21-12-23-6-7-24-21/h2-3,6-9,11-12,19-20H,4-5,10,13-14H2,1H3. The maximum absolute atomic E-state index is 13.0. The lowest BCUT2D eigenvalue weighted by atomic mass is 10.0. The average molecular weight is 373 g/mol. The molecule has 2 bridgehead atoms. The van der Waals surface area contributed by atoms with Crippen LogP contribution in [0.15, 0.2) is 49.1 Å². The molecule has 6 heteroatoms. The van der Waals surface area contributed by atoms with Crippen LogP contribution in [0.1, 0.15) is 18.5 Å². The fourth-order valence-electron chi connectivity index (χ4n) is 4.66. The monoisotopic (exact) mass is 373 g/mol. The minimum atomic E-state index is 0.206. The number of amides is 1. The number of likely N-dealkylation sites (N-methyl/N-ethyl adjacent to an activating group) is 1. The van der Waals surface area contributed by atoms with Crippen LogP contribution in [0.4, 0.5) is 0 Å². The number of piperazine rings is 1. The minimum absolute atomic E-state index is 0.206. The Hall–Kier alpha value is -2.86. The highest BCUT2D eigenvalue weighted by Crippen LogP contribution is 2.30. The molecule has 3 aromatic rings. The predicted octanol–water partition coefficient (Wildman–Crippen LogP) is 2.54. The highest BCUT2D eigenvalue weighted by molar-refractivity contribution is 5.87. The molecule has 2 saturated heterocycles. The van der Waals surface area contributed by atoms with E-state index in [9.17, 15) is 4.79 Å². The number of hydrogen-bond donors (Lipinski definition) is 0. The summed E-state index contributed by atoms with van der Waals surface area (Å²) in [5.74, 6) is 0.206. The first-order valence-corrected chi connectivity index (χ1v) is 9.82. The van der Waals surface area contributed by atoms with Crippen molar-refractivity contribution in [2.75, 3.05) is 20.1 Å². The third kappa shape index (κ3) is 3.14. The number of nitrogens with zero attached hydrogens (tertiary/aromatic N) is 5. The zero-order valence-electron chi connectivity index (χ0n) is 16.0. The van der Waals surface area contributed by atoms with E-state index in [1.54, 1.807) is 18.6 Å². The fraction of sp³-hybridized carbons (Fsp3) is 0.364. The first-order chi connectivity index (χ1) is 13.7. The van der Waals surface area contributed by atoms with Crippen molar-refractivity contribution in [2.24, 2.45) is 0 Å². The molecule has 2 aliphatic rings. The van der Waals surface area contributed by atoms with E-state index in [-0.39, 0.29) is 5.91 Å². The third-order valence-corrected chi connectivity index (χ3v) is 5.92. The second kappa shape index (κ2) is 6.95. The van der Waals surface area contributed by atoms with E-state index >= 15 is 0 Å². The number of carbonyl (C=O) groups is 1. The van der Waals surface area contributed by atoms with Gasteiger partial charge in [-0.25, -0.2) is 0 Å². The summed E-state index contributed by atoms with van der Waals surface area (Å²) in [7, 11) is 2.15. The molecule has 5 rings (SSSR count). The van der Waals surface area contributed by atoms with Crippen molar-refractivity contribution in [3.63, 3.8) is 0 Å². The summed E-state index contributed by atoms with van der Waals surface area (Å²) in [4.78, 5) is 30.5. The van der Waals surface area contributed by atoms with Gasteiger partial charge in [-0.3, -0.25) is 19.7 Å². The molecule has 2 atom stereocenters. The number of aromatic nitrogens is 3. The molecule has 2 aliphatic heterocycles. The zero-order valence-corrected chi connectivity index (χ0v) is 16.0. The highest BCUT2D eigenvalue weighted by Gasteiger charge is 2.41. The van der Waals surface area contributed by atoms with Crippen LogP contribution in [0.3, 0.4) is 0 Å². The van der Waals surface area contributed by atoms with Gasteiger partial charge in [-0.1, -0.05) is 12.1 Å². The molecule has 142 valence electrons. The Kier molecular flexibility index (Phi) is 4.28. The van der Waals surface area contributed by atoms with Crippen LogP contribution < -0.4 is 0 Å². The van der Waals surface area contributed by atoms with E-state index in [0.717, 1.165) is 53.7 Å². The Morgan fingerprint density at radius 3 is 2.61 bits per heavy atom. The number of pyridine rings is 1. The normalized spacial score (nSPS) is 22.0. The van der Waals surface area contributed by atoms with Gasteiger partial charge in [0.05, 0.1) is 24.0 Å². The number of rotatable bonds is 3. The molecule has 1 aromatic carbocycles. The molecule has 4 heterocycles. The molecule has 0 radical (unpaired) electrons. The van der Waals surface area contributed by atoms with Gasteiger partial charge in [0.2, 0.25) is 5.91 Å². The summed E-state index contributed by atoms with van der Waals surface area (Å²) >= 11 is 0. The molecule has 6 nitrogen and oxygen atoms in total. The van der Waals surface area contributed by atoms with Crippen molar-refractivity contribution in [1.82, 2.24) is 24.8 Å². The van der Waals surface area contributed by atoms with E-state index in [1.807, 2.05) is 24.4 Å². The van der Waals surface area contributed by atoms with Gasteiger partial charge in [-0.2, -0.15) is 0 Å². The van der Waals surface area contributed by atoms with Gasteiger partial charge in [0.1, 0.15) is 0 Å². The van der Waals surface area contributed by atoms with Crippen LogP contribution in [0.5, 0.6) is 0 Å². The molecular weight excluding hydrogens is 350 g/mol. The maximum Gasteiger partial charge on any atom is 0.229 e. The molecule has 2 unspecified atom stereocenters. The molecule has 2 aromatic heterocycles. The van der Waals surface area contributed by atoms with Gasteiger partial charge in [0.25, 0.3) is 0 Å². The highest BCUT2D eigenvalue weighted by atomic mass is 16.2. The van der Waals surface area contributed by atoms with Gasteiger partial charge in [0.15, 0.2) is 0 Å². The summed E-state index contributed by atoms with van der Waals surface area (Å²) in [6, 6.07) is 8.92. The van der Waals surface area contributed by atoms with E-state index in [4.69, 9.17) is 0 Å². The van der Waals surface area contributed by atoms with Gasteiger partial charge >= 0.3 is 0 Å². The van der Waals surface area contributed by atoms with Crippen molar-refractivity contribution < 1.29 is 4.79 Å². The first kappa shape index (κ1) is 17.3. The van der Waals surface area contributed by atoms with E-state index in [1.165, 1.54) is 0 Å². The first-order valence-electron chi connectivity index (χ1n) is 9.82. The van der Waals surface area contributed by atoms with E-state index < -0.39 is 0 Å². The van der Waals surface area contributed by atoms with Gasteiger partial charge < -0.3 is 9.80 Å². The Bertz CT molecular complexity index is 1010. The van der Waals surface area contributed by atoms with Crippen molar-refractivity contribution in [3.8, 4) is 11.3 Å². The van der Waals surface area contributed by atoms with Crippen LogP contribution in [-0.2, 0) is 11.2 Å². The lowest BCUT2D eigenvalue weighted by molar-refractivity contribution is -0.135. The second-order valence-corrected chi connectivity index (χ2v) is 7.91. The summed E-state index contributed by atoms with van der Waals surface area (Å²) in [6.07, 6.45) is 9.58. The molecule has 2 fully saturated rings. The number of likely N-dealkylation sites (tertiary alicyclic amines) is 1. The van der Waals surface area contributed by atoms with E-state index in [2.05, 4.69) is 37.9 Å². The van der Waals surface area contributed by atoms with Crippen LogP contribution in [0.2, 0.25) is 0 Å². The number of carbonyl (C=O) groups excluding carboxylic acids is 1.